The van der Waals surface area contributed by atoms with Gasteiger partial charge < -0.3 is 4.90 Å². The van der Waals surface area contributed by atoms with E-state index in [-0.39, 0.29) is 30.7 Å². The summed E-state index contributed by atoms with van der Waals surface area (Å²) in [5, 5.41) is 25.1. The second kappa shape index (κ2) is 5.71. The predicted molar refractivity (Wildman–Crippen MR) is 63.4 cm³/mol. The van der Waals surface area contributed by atoms with E-state index < -0.39 is 20.2 Å². The summed E-state index contributed by atoms with van der Waals surface area (Å²) in [7, 11) is 1.26. The lowest BCUT2D eigenvalue weighted by Crippen LogP contribution is -2.27. The SMILES string of the molecule is N#CCC(=C(C#N)C#N)N1CC(S(=O)(=O)Cl)CC1=O. The van der Waals surface area contributed by atoms with Gasteiger partial charge in [-0.1, -0.05) is 0 Å². The first-order valence-electron chi connectivity index (χ1n) is 4.99. The van der Waals surface area contributed by atoms with Crippen molar-refractivity contribution in [2.75, 3.05) is 6.54 Å². The lowest BCUT2D eigenvalue weighted by atomic mass is 10.2. The van der Waals surface area contributed by atoms with Crippen LogP contribution in [-0.2, 0) is 13.8 Å². The van der Waals surface area contributed by atoms with Crippen molar-refractivity contribution in [2.45, 2.75) is 18.1 Å². The quantitative estimate of drug-likeness (QED) is 0.547. The maximum absolute atomic E-state index is 11.7. The van der Waals surface area contributed by atoms with Crippen LogP contribution >= 0.6 is 10.7 Å². The zero-order valence-corrected chi connectivity index (χ0v) is 11.1. The van der Waals surface area contributed by atoms with E-state index in [9.17, 15) is 13.2 Å². The minimum absolute atomic E-state index is 0.0830. The Kier molecular flexibility index (Phi) is 4.50. The summed E-state index contributed by atoms with van der Waals surface area (Å²) in [6, 6.07) is 4.89. The second-order valence-electron chi connectivity index (χ2n) is 3.69. The van der Waals surface area contributed by atoms with Crippen LogP contribution in [0.2, 0.25) is 0 Å². The molecule has 1 rings (SSSR count). The van der Waals surface area contributed by atoms with Crippen LogP contribution in [0.25, 0.3) is 0 Å². The Morgan fingerprint density at radius 1 is 1.37 bits per heavy atom. The average molecular weight is 299 g/mol. The lowest BCUT2D eigenvalue weighted by molar-refractivity contribution is -0.126. The fraction of sp³-hybridized carbons (Fsp3) is 0.400. The Morgan fingerprint density at radius 2 is 1.95 bits per heavy atom. The molecule has 0 saturated carbocycles. The molecule has 0 radical (unpaired) electrons. The number of carbonyl (C=O) groups excluding carboxylic acids is 1. The molecule has 0 bridgehead atoms. The van der Waals surface area contributed by atoms with Crippen LogP contribution in [0.5, 0.6) is 0 Å². The second-order valence-corrected chi connectivity index (χ2v) is 6.59. The van der Waals surface area contributed by atoms with Crippen molar-refractivity contribution in [2.24, 2.45) is 0 Å². The molecule has 1 unspecified atom stereocenters. The van der Waals surface area contributed by atoms with Crippen molar-refractivity contribution in [3.8, 4) is 18.2 Å². The molecule has 0 aromatic carbocycles. The predicted octanol–water partition coefficient (Wildman–Crippen LogP) is 0.371. The van der Waals surface area contributed by atoms with Crippen LogP contribution in [-0.4, -0.2) is 31.0 Å². The summed E-state index contributed by atoms with van der Waals surface area (Å²) in [6.45, 7) is -0.255. The molecule has 7 nitrogen and oxygen atoms in total. The molecule has 1 aliphatic heterocycles. The fourth-order valence-corrected chi connectivity index (χ4v) is 2.70. The Balaban J connectivity index is 3.20. The highest BCUT2D eigenvalue weighted by Gasteiger charge is 2.39. The zero-order chi connectivity index (χ0) is 14.6. The zero-order valence-electron chi connectivity index (χ0n) is 9.50. The van der Waals surface area contributed by atoms with Crippen molar-refractivity contribution >= 4 is 25.6 Å². The Morgan fingerprint density at radius 3 is 2.32 bits per heavy atom. The number of hydrogen-bond acceptors (Lipinski definition) is 6. The molecule has 0 aromatic heterocycles. The van der Waals surface area contributed by atoms with Crippen LogP contribution in [0.3, 0.4) is 0 Å². The van der Waals surface area contributed by atoms with Crippen LogP contribution in [0.4, 0.5) is 0 Å². The van der Waals surface area contributed by atoms with Crippen LogP contribution in [0, 0.1) is 34.0 Å². The van der Waals surface area contributed by atoms with E-state index in [1.165, 1.54) is 0 Å². The van der Waals surface area contributed by atoms with Gasteiger partial charge in [0.05, 0.1) is 18.2 Å². The maximum Gasteiger partial charge on any atom is 0.237 e. The van der Waals surface area contributed by atoms with Gasteiger partial charge in [0.25, 0.3) is 0 Å². The lowest BCUT2D eigenvalue weighted by Gasteiger charge is -2.17. The summed E-state index contributed by atoms with van der Waals surface area (Å²) < 4.78 is 22.4. The molecule has 0 spiro atoms. The Hall–Kier alpha value is -2.08. The molecule has 0 N–H and O–H groups in total. The minimum atomic E-state index is -3.92. The molecule has 1 aliphatic rings. The van der Waals surface area contributed by atoms with Gasteiger partial charge in [0.15, 0.2) is 0 Å². The van der Waals surface area contributed by atoms with Crippen LogP contribution in [0.1, 0.15) is 12.8 Å². The maximum atomic E-state index is 11.7. The van der Waals surface area contributed by atoms with Crippen molar-refractivity contribution in [1.29, 1.82) is 15.8 Å². The van der Waals surface area contributed by atoms with E-state index in [4.69, 9.17) is 26.5 Å². The first-order chi connectivity index (χ1) is 8.85. The van der Waals surface area contributed by atoms with E-state index >= 15 is 0 Å². The van der Waals surface area contributed by atoms with E-state index in [0.717, 1.165) is 4.90 Å². The first-order valence-corrected chi connectivity index (χ1v) is 7.36. The number of hydrogen-bond donors (Lipinski definition) is 0. The fourth-order valence-electron chi connectivity index (χ4n) is 1.67. The average Bonchev–Trinajstić information content (AvgIpc) is 2.71. The number of rotatable bonds is 3. The molecule has 19 heavy (non-hydrogen) atoms. The molecule has 1 atom stereocenters. The van der Waals surface area contributed by atoms with Crippen molar-refractivity contribution < 1.29 is 13.2 Å². The number of carbonyl (C=O) groups is 1. The summed E-state index contributed by atoms with van der Waals surface area (Å²) in [5.41, 5.74) is -0.470. The number of amides is 1. The van der Waals surface area contributed by atoms with Crippen LogP contribution < -0.4 is 0 Å². The normalized spacial score (nSPS) is 18.3. The van der Waals surface area contributed by atoms with Crippen molar-refractivity contribution in [3.05, 3.63) is 11.3 Å². The van der Waals surface area contributed by atoms with Crippen LogP contribution in [0.15, 0.2) is 11.3 Å². The Bertz CT molecular complexity index is 646. The van der Waals surface area contributed by atoms with E-state index in [1.54, 1.807) is 18.2 Å². The van der Waals surface area contributed by atoms with Gasteiger partial charge in [0, 0.05) is 23.6 Å². The summed E-state index contributed by atoms with van der Waals surface area (Å²) >= 11 is 0. The summed E-state index contributed by atoms with van der Waals surface area (Å²) in [5.74, 6) is -0.581. The molecule has 1 saturated heterocycles. The smallest absolute Gasteiger partial charge is 0.237 e. The number of likely N-dealkylation sites (tertiary alicyclic amines) is 1. The van der Waals surface area contributed by atoms with Gasteiger partial charge in [-0.05, 0) is 0 Å². The number of nitriles is 3. The molecule has 1 fully saturated rings. The number of allylic oxidation sites excluding steroid dienone is 2. The van der Waals surface area contributed by atoms with Gasteiger partial charge in [0.1, 0.15) is 23.0 Å². The highest BCUT2D eigenvalue weighted by molar-refractivity contribution is 8.14. The third-order valence-corrected chi connectivity index (χ3v) is 4.44. The standard InChI is InChI=1S/C10H7ClN4O3S/c11-19(17,18)8-3-10(16)15(6-8)9(1-2-12)7(4-13)5-14/h8H,1,3,6H2. The molecular weight excluding hydrogens is 292 g/mol. The number of nitrogens with zero attached hydrogens (tertiary/aromatic N) is 4. The van der Waals surface area contributed by atoms with Gasteiger partial charge in [-0.15, -0.1) is 0 Å². The van der Waals surface area contributed by atoms with Gasteiger partial charge in [-0.3, -0.25) is 4.79 Å². The molecule has 0 aromatic rings. The highest BCUT2D eigenvalue weighted by Crippen LogP contribution is 2.27. The third kappa shape index (κ3) is 3.23. The summed E-state index contributed by atoms with van der Waals surface area (Å²) in [4.78, 5) is 12.7. The summed E-state index contributed by atoms with van der Waals surface area (Å²) in [6.07, 6.45) is -0.665. The van der Waals surface area contributed by atoms with Gasteiger partial charge in [-0.25, -0.2) is 8.42 Å². The van der Waals surface area contributed by atoms with Gasteiger partial charge in [0.2, 0.25) is 15.0 Å². The molecule has 0 aliphatic carbocycles. The molecule has 1 heterocycles. The third-order valence-electron chi connectivity index (χ3n) is 2.57. The van der Waals surface area contributed by atoms with E-state index in [0.29, 0.717) is 0 Å². The van der Waals surface area contributed by atoms with Crippen molar-refractivity contribution in [3.63, 3.8) is 0 Å². The largest absolute Gasteiger partial charge is 0.312 e. The van der Waals surface area contributed by atoms with E-state index in [1.807, 2.05) is 0 Å². The monoisotopic (exact) mass is 298 g/mol. The first kappa shape index (κ1) is 15.0. The van der Waals surface area contributed by atoms with Gasteiger partial charge >= 0.3 is 0 Å². The Labute approximate surface area is 114 Å². The van der Waals surface area contributed by atoms with Gasteiger partial charge in [-0.2, -0.15) is 15.8 Å². The van der Waals surface area contributed by atoms with E-state index in [2.05, 4.69) is 0 Å². The minimum Gasteiger partial charge on any atom is -0.312 e. The highest BCUT2D eigenvalue weighted by atomic mass is 35.7. The molecule has 98 valence electrons. The topological polar surface area (TPSA) is 126 Å². The van der Waals surface area contributed by atoms with Crippen molar-refractivity contribution in [1.82, 2.24) is 4.90 Å². The molecule has 9 heteroatoms. The molecular formula is C10H7ClN4O3S. The number of halogens is 1. The molecule has 1 amide bonds.